The van der Waals surface area contributed by atoms with Crippen LogP contribution in [0.25, 0.3) is 0 Å². The first-order valence-corrected chi connectivity index (χ1v) is 6.72. The van der Waals surface area contributed by atoms with Crippen molar-refractivity contribution in [3.63, 3.8) is 0 Å². The second-order valence-electron chi connectivity index (χ2n) is 5.15. The van der Waals surface area contributed by atoms with Crippen LogP contribution in [-0.2, 0) is 0 Å². The van der Waals surface area contributed by atoms with Crippen molar-refractivity contribution >= 4 is 0 Å². The summed E-state index contributed by atoms with van der Waals surface area (Å²) >= 11 is 0. The summed E-state index contributed by atoms with van der Waals surface area (Å²) in [4.78, 5) is 2.40. The first-order chi connectivity index (χ1) is 7.85. The van der Waals surface area contributed by atoms with Gasteiger partial charge in [-0.3, -0.25) is 4.90 Å². The molecule has 0 aromatic heterocycles. The Labute approximate surface area is 98.8 Å². The van der Waals surface area contributed by atoms with Gasteiger partial charge in [-0.1, -0.05) is 6.92 Å². The predicted molar refractivity (Wildman–Crippen MR) is 65.0 cm³/mol. The summed E-state index contributed by atoms with van der Waals surface area (Å²) in [6.45, 7) is 5.56. The minimum Gasteiger partial charge on any atom is -0.314 e. The van der Waals surface area contributed by atoms with Crippen LogP contribution in [0.4, 0.5) is 0 Å². The van der Waals surface area contributed by atoms with Crippen LogP contribution in [0.5, 0.6) is 0 Å². The van der Waals surface area contributed by atoms with Crippen LogP contribution in [-0.4, -0.2) is 36.6 Å². The molecule has 3 unspecified atom stereocenters. The fourth-order valence-electron chi connectivity index (χ4n) is 3.20. The summed E-state index contributed by atoms with van der Waals surface area (Å²) < 4.78 is 0. The molecule has 2 aliphatic rings. The van der Waals surface area contributed by atoms with E-state index in [4.69, 9.17) is 5.26 Å². The van der Waals surface area contributed by atoms with E-state index in [-0.39, 0.29) is 6.04 Å². The second-order valence-corrected chi connectivity index (χ2v) is 5.15. The standard InChI is InChI=1S/C13H23N3/c1-2-12(9-14)16-8-4-5-11(10-16)13-6-3-7-15-13/h11-13,15H,2-8,10H2,1H3. The zero-order chi connectivity index (χ0) is 11.4. The van der Waals surface area contributed by atoms with Crippen LogP contribution in [0.2, 0.25) is 0 Å². The molecule has 3 nitrogen and oxygen atoms in total. The molecule has 0 aliphatic carbocycles. The summed E-state index contributed by atoms with van der Waals surface area (Å²) in [6, 6.07) is 3.30. The maximum Gasteiger partial charge on any atom is 0.0975 e. The SMILES string of the molecule is CCC(C#N)N1CCCC(C2CCCN2)C1. The molecule has 3 heteroatoms. The van der Waals surface area contributed by atoms with E-state index in [1.165, 1.54) is 32.2 Å². The van der Waals surface area contributed by atoms with E-state index in [0.717, 1.165) is 31.5 Å². The fourth-order valence-corrected chi connectivity index (χ4v) is 3.20. The van der Waals surface area contributed by atoms with E-state index in [2.05, 4.69) is 23.2 Å². The summed E-state index contributed by atoms with van der Waals surface area (Å²) in [7, 11) is 0. The molecule has 2 heterocycles. The Morgan fingerprint density at radius 2 is 2.31 bits per heavy atom. The van der Waals surface area contributed by atoms with Crippen molar-refractivity contribution in [2.75, 3.05) is 19.6 Å². The van der Waals surface area contributed by atoms with Gasteiger partial charge in [-0.05, 0) is 51.1 Å². The normalized spacial score (nSPS) is 33.5. The lowest BCUT2D eigenvalue weighted by Gasteiger charge is -2.37. The van der Waals surface area contributed by atoms with Gasteiger partial charge in [-0.15, -0.1) is 0 Å². The number of nitriles is 1. The highest BCUT2D eigenvalue weighted by Crippen LogP contribution is 2.26. The molecule has 1 N–H and O–H groups in total. The first kappa shape index (κ1) is 11.9. The lowest BCUT2D eigenvalue weighted by Crippen LogP contribution is -2.47. The van der Waals surface area contributed by atoms with Gasteiger partial charge in [-0.25, -0.2) is 0 Å². The van der Waals surface area contributed by atoms with Gasteiger partial charge in [0.05, 0.1) is 12.1 Å². The predicted octanol–water partition coefficient (Wildman–Crippen LogP) is 1.75. The molecular formula is C13H23N3. The van der Waals surface area contributed by atoms with E-state index in [1.807, 2.05) is 0 Å². The highest BCUT2D eigenvalue weighted by molar-refractivity contribution is 4.95. The van der Waals surface area contributed by atoms with Crippen LogP contribution in [0.1, 0.15) is 39.0 Å². The Hall–Kier alpha value is -0.590. The molecule has 0 amide bonds. The van der Waals surface area contributed by atoms with Gasteiger partial charge >= 0.3 is 0 Å². The van der Waals surface area contributed by atoms with Crippen molar-refractivity contribution in [1.82, 2.24) is 10.2 Å². The molecule has 90 valence electrons. The number of likely N-dealkylation sites (tertiary alicyclic amines) is 1. The maximum atomic E-state index is 9.12. The molecule has 3 atom stereocenters. The second kappa shape index (κ2) is 5.65. The van der Waals surface area contributed by atoms with Crippen molar-refractivity contribution in [2.45, 2.75) is 51.1 Å². The quantitative estimate of drug-likeness (QED) is 0.789. The van der Waals surface area contributed by atoms with Crippen LogP contribution in [0.3, 0.4) is 0 Å². The Morgan fingerprint density at radius 3 is 2.94 bits per heavy atom. The average Bonchev–Trinajstić information content (AvgIpc) is 2.85. The molecule has 2 aliphatic heterocycles. The Kier molecular flexibility index (Phi) is 4.20. The van der Waals surface area contributed by atoms with Crippen molar-refractivity contribution in [3.8, 4) is 6.07 Å². The number of hydrogen-bond acceptors (Lipinski definition) is 3. The Bertz CT molecular complexity index is 252. The molecule has 0 saturated carbocycles. The molecule has 2 saturated heterocycles. The monoisotopic (exact) mass is 221 g/mol. The zero-order valence-electron chi connectivity index (χ0n) is 10.3. The third-order valence-electron chi connectivity index (χ3n) is 4.13. The zero-order valence-corrected chi connectivity index (χ0v) is 10.3. The van der Waals surface area contributed by atoms with Crippen LogP contribution in [0.15, 0.2) is 0 Å². The average molecular weight is 221 g/mol. The van der Waals surface area contributed by atoms with E-state index >= 15 is 0 Å². The summed E-state index contributed by atoms with van der Waals surface area (Å²) in [5, 5.41) is 12.7. The van der Waals surface area contributed by atoms with Crippen LogP contribution in [0, 0.1) is 17.2 Å². The largest absolute Gasteiger partial charge is 0.314 e. The molecule has 0 aromatic rings. The summed E-state index contributed by atoms with van der Waals surface area (Å²) in [5.41, 5.74) is 0. The number of hydrogen-bond donors (Lipinski definition) is 1. The summed E-state index contributed by atoms with van der Waals surface area (Å²) in [6.07, 6.45) is 6.23. The molecule has 0 spiro atoms. The van der Waals surface area contributed by atoms with Gasteiger partial charge in [-0.2, -0.15) is 5.26 Å². The molecule has 2 rings (SSSR count). The van der Waals surface area contributed by atoms with Crippen LogP contribution < -0.4 is 5.32 Å². The van der Waals surface area contributed by atoms with E-state index in [0.29, 0.717) is 0 Å². The highest BCUT2D eigenvalue weighted by atomic mass is 15.2. The topological polar surface area (TPSA) is 39.1 Å². The maximum absolute atomic E-state index is 9.12. The molecule has 0 aromatic carbocycles. The lowest BCUT2D eigenvalue weighted by atomic mass is 9.89. The first-order valence-electron chi connectivity index (χ1n) is 6.72. The summed E-state index contributed by atoms with van der Waals surface area (Å²) in [5.74, 6) is 0.777. The third kappa shape index (κ3) is 2.56. The molecule has 0 radical (unpaired) electrons. The number of nitrogens with zero attached hydrogens (tertiary/aromatic N) is 2. The molecule has 2 fully saturated rings. The van der Waals surface area contributed by atoms with E-state index < -0.39 is 0 Å². The smallest absolute Gasteiger partial charge is 0.0975 e. The minimum absolute atomic E-state index is 0.143. The van der Waals surface area contributed by atoms with Gasteiger partial charge in [0.1, 0.15) is 0 Å². The van der Waals surface area contributed by atoms with Crippen molar-refractivity contribution < 1.29 is 0 Å². The van der Waals surface area contributed by atoms with Crippen LogP contribution >= 0.6 is 0 Å². The number of nitrogens with one attached hydrogen (secondary N) is 1. The number of piperidine rings is 1. The van der Waals surface area contributed by atoms with Gasteiger partial charge in [0.25, 0.3) is 0 Å². The highest BCUT2D eigenvalue weighted by Gasteiger charge is 2.31. The van der Waals surface area contributed by atoms with Crippen molar-refractivity contribution in [1.29, 1.82) is 5.26 Å². The van der Waals surface area contributed by atoms with E-state index in [9.17, 15) is 0 Å². The van der Waals surface area contributed by atoms with Crippen molar-refractivity contribution in [3.05, 3.63) is 0 Å². The van der Waals surface area contributed by atoms with Gasteiger partial charge in [0.15, 0.2) is 0 Å². The van der Waals surface area contributed by atoms with Gasteiger partial charge in [0.2, 0.25) is 0 Å². The van der Waals surface area contributed by atoms with Gasteiger partial charge in [0, 0.05) is 12.6 Å². The Balaban J connectivity index is 1.90. The van der Waals surface area contributed by atoms with Crippen molar-refractivity contribution in [2.24, 2.45) is 5.92 Å². The number of rotatable bonds is 3. The molecule has 0 bridgehead atoms. The Morgan fingerprint density at radius 1 is 1.44 bits per heavy atom. The third-order valence-corrected chi connectivity index (χ3v) is 4.13. The molecule has 16 heavy (non-hydrogen) atoms. The van der Waals surface area contributed by atoms with Gasteiger partial charge < -0.3 is 5.32 Å². The fraction of sp³-hybridized carbons (Fsp3) is 0.923. The van der Waals surface area contributed by atoms with E-state index in [1.54, 1.807) is 0 Å². The lowest BCUT2D eigenvalue weighted by molar-refractivity contribution is 0.127. The molecular weight excluding hydrogens is 198 g/mol. The minimum atomic E-state index is 0.143.